The van der Waals surface area contributed by atoms with Crippen molar-refractivity contribution in [3.8, 4) is 0 Å². The second kappa shape index (κ2) is 7.48. The zero-order valence-electron chi connectivity index (χ0n) is 20.9. The van der Waals surface area contributed by atoms with Crippen LogP contribution in [0.15, 0.2) is 48.5 Å². The second-order valence-electron chi connectivity index (χ2n) is 11.1. The van der Waals surface area contributed by atoms with Crippen LogP contribution in [0.25, 0.3) is 43.1 Å². The van der Waals surface area contributed by atoms with Crippen LogP contribution in [0.1, 0.15) is 101 Å². The Hall–Kier alpha value is -2.60. The van der Waals surface area contributed by atoms with Gasteiger partial charge in [-0.15, -0.1) is 0 Å². The summed E-state index contributed by atoms with van der Waals surface area (Å²) in [5.41, 5.74) is 5.74. The summed E-state index contributed by atoms with van der Waals surface area (Å²) in [7, 11) is 0. The summed E-state index contributed by atoms with van der Waals surface area (Å²) >= 11 is 0. The molecule has 0 nitrogen and oxygen atoms in total. The first-order chi connectivity index (χ1) is 15.2. The molecule has 0 aliphatic carbocycles. The Labute approximate surface area is 193 Å². The average molecular weight is 421 g/mol. The monoisotopic (exact) mass is 420 g/mol. The van der Waals surface area contributed by atoms with Gasteiger partial charge in [-0.25, -0.2) is 0 Å². The number of rotatable bonds is 4. The lowest BCUT2D eigenvalue weighted by Gasteiger charge is -2.21. The molecule has 0 N–H and O–H groups in total. The molecule has 164 valence electrons. The van der Waals surface area contributed by atoms with E-state index < -0.39 is 0 Å². The molecule has 0 aliphatic rings. The molecule has 5 rings (SSSR count). The van der Waals surface area contributed by atoms with Gasteiger partial charge in [0.1, 0.15) is 0 Å². The highest BCUT2D eigenvalue weighted by Crippen LogP contribution is 2.44. The van der Waals surface area contributed by atoms with Crippen molar-refractivity contribution >= 4 is 43.1 Å². The zero-order chi connectivity index (χ0) is 22.9. The van der Waals surface area contributed by atoms with Crippen molar-refractivity contribution in [3.05, 3.63) is 70.8 Å². The van der Waals surface area contributed by atoms with E-state index in [1.54, 1.807) is 0 Å². The lowest BCUT2D eigenvalue weighted by Crippen LogP contribution is -1.97. The van der Waals surface area contributed by atoms with E-state index in [0.29, 0.717) is 23.7 Å². The van der Waals surface area contributed by atoms with E-state index in [4.69, 9.17) is 0 Å². The van der Waals surface area contributed by atoms with Crippen LogP contribution in [-0.2, 0) is 0 Å². The Morgan fingerprint density at radius 2 is 0.562 bits per heavy atom. The highest BCUT2D eigenvalue weighted by molar-refractivity contribution is 6.33. The smallest absolute Gasteiger partial charge is 0.00260 e. The molecular weight excluding hydrogens is 384 g/mol. The molecule has 0 atom stereocenters. The van der Waals surface area contributed by atoms with Gasteiger partial charge in [0.2, 0.25) is 0 Å². The summed E-state index contributed by atoms with van der Waals surface area (Å²) in [5.74, 6) is 2.04. The summed E-state index contributed by atoms with van der Waals surface area (Å²) in [5, 5.41) is 11.4. The summed E-state index contributed by atoms with van der Waals surface area (Å²) < 4.78 is 0. The second-order valence-corrected chi connectivity index (χ2v) is 11.1. The van der Waals surface area contributed by atoms with Crippen molar-refractivity contribution in [1.82, 2.24) is 0 Å². The molecule has 32 heavy (non-hydrogen) atoms. The van der Waals surface area contributed by atoms with E-state index in [-0.39, 0.29) is 0 Å². The third kappa shape index (κ3) is 3.19. The van der Waals surface area contributed by atoms with Gasteiger partial charge in [0.15, 0.2) is 0 Å². The van der Waals surface area contributed by atoms with Gasteiger partial charge in [-0.2, -0.15) is 0 Å². The molecule has 0 aliphatic heterocycles. The lowest BCUT2D eigenvalue weighted by molar-refractivity contribution is 0.865. The number of fused-ring (bicyclic) bond motifs is 2. The minimum absolute atomic E-state index is 0.510. The van der Waals surface area contributed by atoms with Gasteiger partial charge in [0, 0.05) is 0 Å². The maximum Gasteiger partial charge on any atom is -0.00260 e. The molecule has 0 aromatic heterocycles. The summed E-state index contributed by atoms with van der Waals surface area (Å²) in [6.45, 7) is 18.5. The van der Waals surface area contributed by atoms with Gasteiger partial charge in [0.25, 0.3) is 0 Å². The molecule has 0 radical (unpaired) electrons. The number of benzene rings is 5. The van der Waals surface area contributed by atoms with Gasteiger partial charge in [-0.3, -0.25) is 0 Å². The Morgan fingerprint density at radius 1 is 0.344 bits per heavy atom. The Morgan fingerprint density at radius 3 is 0.750 bits per heavy atom. The molecule has 0 fully saturated rings. The minimum Gasteiger partial charge on any atom is -0.0587 e. The van der Waals surface area contributed by atoms with Gasteiger partial charge in [-0.1, -0.05) is 104 Å². The standard InChI is InChI=1S/C32H36/c1-17(2)21-9-25-10-22(18(3)4)15-29-30-16-24(20(7)8)12-26-11-23(19(5)6)14-28(32(26)30)27(13-21)31(25)29/h9-20H,1-8H3. The van der Waals surface area contributed by atoms with Crippen LogP contribution in [0.4, 0.5) is 0 Å². The lowest BCUT2D eigenvalue weighted by atomic mass is 9.82. The summed E-state index contributed by atoms with van der Waals surface area (Å²) in [6.07, 6.45) is 0. The van der Waals surface area contributed by atoms with E-state index in [9.17, 15) is 0 Å². The predicted molar refractivity (Wildman–Crippen MR) is 144 cm³/mol. The van der Waals surface area contributed by atoms with Crippen LogP contribution in [-0.4, -0.2) is 0 Å². The number of hydrogen-bond acceptors (Lipinski definition) is 0. The number of hydrogen-bond donors (Lipinski definition) is 0. The molecule has 5 aromatic rings. The van der Waals surface area contributed by atoms with Crippen LogP contribution in [0.3, 0.4) is 0 Å². The third-order valence-corrected chi connectivity index (χ3v) is 7.43. The Kier molecular flexibility index (Phi) is 4.97. The Balaban J connectivity index is 2.12. The van der Waals surface area contributed by atoms with Crippen LogP contribution >= 0.6 is 0 Å². The molecule has 0 bridgehead atoms. The van der Waals surface area contributed by atoms with Crippen molar-refractivity contribution in [2.75, 3.05) is 0 Å². The highest BCUT2D eigenvalue weighted by Gasteiger charge is 2.19. The third-order valence-electron chi connectivity index (χ3n) is 7.43. The minimum atomic E-state index is 0.510. The van der Waals surface area contributed by atoms with Crippen LogP contribution in [0.2, 0.25) is 0 Å². The van der Waals surface area contributed by atoms with E-state index in [0.717, 1.165) is 0 Å². The normalized spacial score (nSPS) is 12.9. The molecule has 5 aromatic carbocycles. The molecule has 0 unspecified atom stereocenters. The largest absolute Gasteiger partial charge is 0.0587 e. The first-order valence-corrected chi connectivity index (χ1v) is 12.4. The maximum absolute atomic E-state index is 2.48. The first-order valence-electron chi connectivity index (χ1n) is 12.4. The SMILES string of the molecule is CC(C)c1cc2cc(C(C)C)cc3c4cc(C(C)C)cc5cc(C(C)C)cc(c(c1)c23)c54. The van der Waals surface area contributed by atoms with Crippen molar-refractivity contribution in [1.29, 1.82) is 0 Å². The molecule has 0 heteroatoms. The van der Waals surface area contributed by atoms with Crippen LogP contribution in [0.5, 0.6) is 0 Å². The fourth-order valence-electron chi connectivity index (χ4n) is 5.31. The highest BCUT2D eigenvalue weighted by atomic mass is 14.2. The van der Waals surface area contributed by atoms with E-state index in [1.807, 2.05) is 0 Å². The summed E-state index contributed by atoms with van der Waals surface area (Å²) in [4.78, 5) is 0. The van der Waals surface area contributed by atoms with Crippen molar-refractivity contribution in [2.45, 2.75) is 79.1 Å². The Bertz CT molecular complexity index is 1240. The molecule has 0 amide bonds. The molecule has 0 spiro atoms. The van der Waals surface area contributed by atoms with E-state index >= 15 is 0 Å². The maximum atomic E-state index is 2.48. The zero-order valence-corrected chi connectivity index (χ0v) is 20.9. The van der Waals surface area contributed by atoms with Crippen molar-refractivity contribution in [2.24, 2.45) is 0 Å². The van der Waals surface area contributed by atoms with Gasteiger partial charge < -0.3 is 0 Å². The molecule has 0 saturated carbocycles. The first kappa shape index (κ1) is 21.3. The van der Waals surface area contributed by atoms with Gasteiger partial charge in [0.05, 0.1) is 0 Å². The predicted octanol–water partition coefficient (Wildman–Crippen LogP) is 10.2. The topological polar surface area (TPSA) is 0 Å². The molecule has 0 saturated heterocycles. The molecular formula is C32H36. The van der Waals surface area contributed by atoms with Crippen LogP contribution in [0, 0.1) is 0 Å². The van der Waals surface area contributed by atoms with E-state index in [2.05, 4.69) is 104 Å². The average Bonchev–Trinajstić information content (AvgIpc) is 2.75. The van der Waals surface area contributed by atoms with Crippen molar-refractivity contribution in [3.63, 3.8) is 0 Å². The quantitative estimate of drug-likeness (QED) is 0.200. The summed E-state index contributed by atoms with van der Waals surface area (Å²) in [6, 6.07) is 19.7. The van der Waals surface area contributed by atoms with Crippen LogP contribution < -0.4 is 0 Å². The van der Waals surface area contributed by atoms with Gasteiger partial charge in [-0.05, 0) is 89.0 Å². The van der Waals surface area contributed by atoms with E-state index in [1.165, 1.54) is 65.3 Å². The fourth-order valence-corrected chi connectivity index (χ4v) is 5.31. The fraction of sp³-hybridized carbons (Fsp3) is 0.375. The molecule has 0 heterocycles. The van der Waals surface area contributed by atoms with Crippen molar-refractivity contribution < 1.29 is 0 Å². The van der Waals surface area contributed by atoms with Gasteiger partial charge >= 0.3 is 0 Å².